The number of anilines is 2. The molecule has 0 aliphatic carbocycles. The van der Waals surface area contributed by atoms with Crippen LogP contribution in [-0.2, 0) is 5.92 Å². The number of aryl methyl sites for hydroxylation is 1. The topological polar surface area (TPSA) is 74.7 Å². The lowest BCUT2D eigenvalue weighted by molar-refractivity contribution is 0.0526. The first-order valence-electron chi connectivity index (χ1n) is 9.18. The van der Waals surface area contributed by atoms with Crippen molar-refractivity contribution in [1.29, 1.82) is 0 Å². The van der Waals surface area contributed by atoms with Crippen molar-refractivity contribution in [3.63, 3.8) is 0 Å². The third-order valence-corrected chi connectivity index (χ3v) is 4.82. The molecule has 0 saturated carbocycles. The Hall–Kier alpha value is -3.94. The summed E-state index contributed by atoms with van der Waals surface area (Å²) >= 11 is 0. The zero-order chi connectivity index (χ0) is 21.3. The first-order chi connectivity index (χ1) is 14.4. The molecule has 0 fully saturated rings. The number of carbonyl (C=O) groups excluding carboxylic acids is 1. The number of aromatic amines is 1. The van der Waals surface area contributed by atoms with E-state index in [0.717, 1.165) is 22.2 Å². The van der Waals surface area contributed by atoms with E-state index < -0.39 is 12.0 Å². The molecule has 8 heteroatoms. The maximum atomic E-state index is 13.6. The van der Waals surface area contributed by atoms with Crippen LogP contribution in [0.5, 0.6) is 0 Å². The molecule has 0 spiro atoms. The van der Waals surface area contributed by atoms with Gasteiger partial charge in [-0.2, -0.15) is 13.9 Å². The molecular weight excluding hydrogens is 388 g/mol. The minimum absolute atomic E-state index is 0.190. The fourth-order valence-corrected chi connectivity index (χ4v) is 3.29. The predicted molar refractivity (Wildman–Crippen MR) is 113 cm³/mol. The van der Waals surface area contributed by atoms with Gasteiger partial charge in [0.2, 0.25) is 0 Å². The molecule has 2 aromatic heterocycles. The second-order valence-corrected chi connectivity index (χ2v) is 6.85. The minimum Gasteiger partial charge on any atom is -0.314 e. The Morgan fingerprint density at radius 3 is 2.57 bits per heavy atom. The fraction of sp³-hybridized carbons (Fsp3) is 0.0909. The Balaban J connectivity index is 1.53. The van der Waals surface area contributed by atoms with Gasteiger partial charge in [-0.05, 0) is 48.9 Å². The van der Waals surface area contributed by atoms with E-state index in [1.807, 2.05) is 35.9 Å². The van der Waals surface area contributed by atoms with Crippen LogP contribution >= 0.6 is 0 Å². The maximum absolute atomic E-state index is 13.6. The molecule has 6 nitrogen and oxygen atoms in total. The summed E-state index contributed by atoms with van der Waals surface area (Å²) in [6.07, 6.45) is 6.01. The summed E-state index contributed by atoms with van der Waals surface area (Å²) in [6, 6.07) is 10.6. The largest absolute Gasteiger partial charge is 0.323 e. The van der Waals surface area contributed by atoms with Gasteiger partial charge in [0.25, 0.3) is 5.92 Å². The van der Waals surface area contributed by atoms with Crippen LogP contribution in [-0.4, -0.2) is 20.8 Å². The zero-order valence-electron chi connectivity index (χ0n) is 16.1. The van der Waals surface area contributed by atoms with Crippen LogP contribution < -0.4 is 10.6 Å². The van der Waals surface area contributed by atoms with Gasteiger partial charge in [0.05, 0.1) is 17.4 Å². The van der Waals surface area contributed by atoms with Gasteiger partial charge in [0.15, 0.2) is 0 Å². The molecule has 152 valence electrons. The maximum Gasteiger partial charge on any atom is 0.323 e. The van der Waals surface area contributed by atoms with Gasteiger partial charge >= 0.3 is 6.03 Å². The normalized spacial score (nSPS) is 11.4. The molecule has 4 aromatic rings. The quantitative estimate of drug-likeness (QED) is 0.378. The highest BCUT2D eigenvalue weighted by Gasteiger charge is 2.26. The van der Waals surface area contributed by atoms with Gasteiger partial charge in [-0.1, -0.05) is 18.7 Å². The van der Waals surface area contributed by atoms with Crippen LogP contribution in [0.15, 0.2) is 73.7 Å². The van der Waals surface area contributed by atoms with Crippen molar-refractivity contribution in [2.24, 2.45) is 0 Å². The van der Waals surface area contributed by atoms with Crippen molar-refractivity contribution in [2.75, 3.05) is 10.6 Å². The summed E-state index contributed by atoms with van der Waals surface area (Å²) in [5, 5.41) is 13.3. The summed E-state index contributed by atoms with van der Waals surface area (Å²) < 4.78 is 29.2. The molecule has 0 aliphatic heterocycles. The molecule has 0 atom stereocenters. The molecule has 2 aromatic carbocycles. The lowest BCUT2D eigenvalue weighted by Gasteiger charge is -2.13. The molecule has 0 unspecified atom stereocenters. The molecule has 2 amide bonds. The van der Waals surface area contributed by atoms with Crippen molar-refractivity contribution in [2.45, 2.75) is 12.8 Å². The SMILES string of the molecule is C=CC(F)(F)c1ccc(NC(=O)Nc2cc(C)c3ccn(-c4cn[nH]c4)c3c2)cc1. The summed E-state index contributed by atoms with van der Waals surface area (Å²) in [7, 11) is 0. The van der Waals surface area contributed by atoms with E-state index in [9.17, 15) is 13.6 Å². The van der Waals surface area contributed by atoms with Crippen LogP contribution in [0.4, 0.5) is 25.0 Å². The lowest BCUT2D eigenvalue weighted by Crippen LogP contribution is -2.19. The Morgan fingerprint density at radius 2 is 1.90 bits per heavy atom. The number of urea groups is 1. The highest BCUT2D eigenvalue weighted by atomic mass is 19.3. The molecule has 3 N–H and O–H groups in total. The van der Waals surface area contributed by atoms with E-state index >= 15 is 0 Å². The van der Waals surface area contributed by atoms with Crippen LogP contribution in [0.3, 0.4) is 0 Å². The number of hydrogen-bond donors (Lipinski definition) is 3. The van der Waals surface area contributed by atoms with E-state index in [2.05, 4.69) is 27.4 Å². The van der Waals surface area contributed by atoms with Gasteiger partial charge in [-0.15, -0.1) is 0 Å². The number of fused-ring (bicyclic) bond motifs is 1. The smallest absolute Gasteiger partial charge is 0.314 e. The number of alkyl halides is 2. The first-order valence-corrected chi connectivity index (χ1v) is 9.18. The number of carbonyl (C=O) groups is 1. The Kier molecular flexibility index (Phi) is 4.83. The number of allylic oxidation sites excluding steroid dienone is 1. The van der Waals surface area contributed by atoms with Crippen molar-refractivity contribution >= 4 is 28.3 Å². The van der Waals surface area contributed by atoms with Crippen molar-refractivity contribution in [1.82, 2.24) is 14.8 Å². The van der Waals surface area contributed by atoms with E-state index in [0.29, 0.717) is 17.5 Å². The second-order valence-electron chi connectivity index (χ2n) is 6.85. The average Bonchev–Trinajstić information content (AvgIpc) is 3.38. The molecule has 0 saturated heterocycles. The van der Waals surface area contributed by atoms with Crippen LogP contribution in [0.25, 0.3) is 16.6 Å². The number of hydrogen-bond acceptors (Lipinski definition) is 2. The Bertz CT molecular complexity index is 1210. The number of amides is 2. The monoisotopic (exact) mass is 407 g/mol. The van der Waals surface area contributed by atoms with E-state index in [1.165, 1.54) is 24.3 Å². The average molecular weight is 407 g/mol. The minimum atomic E-state index is -3.11. The van der Waals surface area contributed by atoms with E-state index in [1.54, 1.807) is 12.4 Å². The summed E-state index contributed by atoms with van der Waals surface area (Å²) in [5.74, 6) is -3.11. The van der Waals surface area contributed by atoms with Gasteiger partial charge in [-0.3, -0.25) is 5.10 Å². The van der Waals surface area contributed by atoms with Gasteiger partial charge in [-0.25, -0.2) is 4.79 Å². The molecule has 0 radical (unpaired) electrons. The molecule has 30 heavy (non-hydrogen) atoms. The number of aromatic nitrogens is 3. The van der Waals surface area contributed by atoms with Gasteiger partial charge < -0.3 is 15.2 Å². The fourth-order valence-electron chi connectivity index (χ4n) is 3.29. The Morgan fingerprint density at radius 1 is 1.17 bits per heavy atom. The molecular formula is C22H19F2N5O. The first kappa shape index (κ1) is 19.4. The van der Waals surface area contributed by atoms with E-state index in [4.69, 9.17) is 0 Å². The van der Waals surface area contributed by atoms with E-state index in [-0.39, 0.29) is 5.56 Å². The summed E-state index contributed by atoms with van der Waals surface area (Å²) in [5.41, 5.74) is 3.61. The molecule has 0 bridgehead atoms. The number of rotatable bonds is 5. The molecule has 0 aliphatic rings. The van der Waals surface area contributed by atoms with Crippen LogP contribution in [0.2, 0.25) is 0 Å². The summed E-state index contributed by atoms with van der Waals surface area (Å²) in [6.45, 7) is 5.10. The van der Waals surface area contributed by atoms with Crippen molar-refractivity contribution in [3.8, 4) is 5.69 Å². The highest BCUT2D eigenvalue weighted by molar-refractivity contribution is 6.01. The number of H-pyrrole nitrogens is 1. The predicted octanol–water partition coefficient (Wildman–Crippen LogP) is 5.58. The molecule has 2 heterocycles. The van der Waals surface area contributed by atoms with Crippen LogP contribution in [0, 0.1) is 6.92 Å². The van der Waals surface area contributed by atoms with Crippen LogP contribution in [0.1, 0.15) is 11.1 Å². The number of nitrogens with one attached hydrogen (secondary N) is 3. The zero-order valence-corrected chi connectivity index (χ0v) is 16.1. The number of nitrogens with zero attached hydrogens (tertiary/aromatic N) is 2. The second kappa shape index (κ2) is 7.47. The number of benzene rings is 2. The lowest BCUT2D eigenvalue weighted by atomic mass is 10.1. The van der Waals surface area contributed by atoms with Crippen molar-refractivity contribution < 1.29 is 13.6 Å². The summed E-state index contributed by atoms with van der Waals surface area (Å²) in [4.78, 5) is 12.4. The third kappa shape index (κ3) is 3.67. The molecule has 4 rings (SSSR count). The Labute approximate surface area is 171 Å². The van der Waals surface area contributed by atoms with Crippen molar-refractivity contribution in [3.05, 3.63) is 84.8 Å². The highest BCUT2D eigenvalue weighted by Crippen LogP contribution is 2.30. The van der Waals surface area contributed by atoms with Gasteiger partial charge in [0.1, 0.15) is 0 Å². The standard InChI is InChI=1S/C22H19F2N5O/c1-3-22(23,24)15-4-6-16(7-5-15)27-21(30)28-17-10-14(2)19-8-9-29(20(19)11-17)18-12-25-26-13-18/h3-13H,1H2,2H3,(H,25,26)(H2,27,28,30). The number of halogens is 2. The van der Waals surface area contributed by atoms with Gasteiger partial charge in [0, 0.05) is 34.7 Å². The third-order valence-electron chi connectivity index (χ3n) is 4.82.